The number of furan rings is 1. The van der Waals surface area contributed by atoms with E-state index in [9.17, 15) is 0 Å². The van der Waals surface area contributed by atoms with Gasteiger partial charge in [-0.2, -0.15) is 0 Å². The van der Waals surface area contributed by atoms with Gasteiger partial charge in [0.25, 0.3) is 0 Å². The number of aromatic nitrogens is 2. The topological polar surface area (TPSA) is 31.0 Å². The van der Waals surface area contributed by atoms with Crippen LogP contribution in [0.4, 0.5) is 0 Å². The molecule has 2 heterocycles. The predicted molar refractivity (Wildman–Crippen MR) is 184 cm³/mol. The summed E-state index contributed by atoms with van der Waals surface area (Å²) < 4.78 is 50.1. The van der Waals surface area contributed by atoms with Crippen molar-refractivity contribution in [2.24, 2.45) is 0 Å². The van der Waals surface area contributed by atoms with Crippen LogP contribution < -0.4 is 0 Å². The number of benzene rings is 7. The molecule has 2 aromatic heterocycles. The Bertz CT molecular complexity index is 2700. The fourth-order valence-electron chi connectivity index (χ4n) is 6.93. The highest BCUT2D eigenvalue weighted by Gasteiger charge is 2.22. The van der Waals surface area contributed by atoms with E-state index < -0.39 is 13.2 Å². The molecule has 7 aromatic carbocycles. The van der Waals surface area contributed by atoms with Crippen LogP contribution in [0.15, 0.2) is 144 Å². The molecule has 0 saturated carbocycles. The number of hydrogen-bond donors (Lipinski definition) is 0. The van der Waals surface area contributed by atoms with E-state index in [1.807, 2.05) is 84.9 Å². The Balaban J connectivity index is 1.41. The Morgan fingerprint density at radius 3 is 1.91 bits per heavy atom. The van der Waals surface area contributed by atoms with Crippen molar-refractivity contribution in [2.45, 2.75) is 13.2 Å². The summed E-state index contributed by atoms with van der Waals surface area (Å²) in [4.78, 5) is 4.61. The summed E-state index contributed by atoms with van der Waals surface area (Å²) >= 11 is 0. The molecule has 208 valence electrons. The van der Waals surface area contributed by atoms with Gasteiger partial charge < -0.3 is 4.42 Å². The third kappa shape index (κ3) is 3.53. The molecule has 0 N–H and O–H groups in total. The van der Waals surface area contributed by atoms with Crippen LogP contribution in [0, 0.1) is 0 Å². The Labute approximate surface area is 261 Å². The molecule has 0 saturated heterocycles. The fraction of sp³-hybridized carbons (Fsp3) is 0.0488. The molecule has 9 rings (SSSR count). The summed E-state index contributed by atoms with van der Waals surface area (Å²) in [5, 5.41) is 6.24. The summed E-state index contributed by atoms with van der Waals surface area (Å²) in [7, 11) is 0. The van der Waals surface area contributed by atoms with Crippen molar-refractivity contribution in [1.29, 1.82) is 0 Å². The average molecular weight is 570 g/mol. The van der Waals surface area contributed by atoms with E-state index in [1.165, 1.54) is 0 Å². The predicted octanol–water partition coefficient (Wildman–Crippen LogP) is 11.1. The molecule has 3 nitrogen and oxygen atoms in total. The molecule has 0 fully saturated rings. The molecule has 0 amide bonds. The molecule has 0 aliphatic carbocycles. The SMILES string of the molecule is [2H]C([2H])([2H])C([2H])([2H])c1nc2ccccc2n1-c1ccccc1-c1c2ccccc2c(-c2cccc3oc4ccccc4c23)c2ccccc12. The molecule has 9 aromatic rings. The van der Waals surface area contributed by atoms with Crippen molar-refractivity contribution >= 4 is 54.5 Å². The minimum atomic E-state index is -2.94. The highest BCUT2D eigenvalue weighted by atomic mass is 16.3. The number of hydrogen-bond acceptors (Lipinski definition) is 2. The van der Waals surface area contributed by atoms with Gasteiger partial charge in [0.15, 0.2) is 0 Å². The summed E-state index contributed by atoms with van der Waals surface area (Å²) in [6.45, 7) is -2.94. The van der Waals surface area contributed by atoms with Gasteiger partial charge in [-0.1, -0.05) is 116 Å². The van der Waals surface area contributed by atoms with Crippen LogP contribution in [0.25, 0.3) is 82.5 Å². The highest BCUT2D eigenvalue weighted by Crippen LogP contribution is 2.47. The zero-order valence-electron chi connectivity index (χ0n) is 28.6. The summed E-state index contributed by atoms with van der Waals surface area (Å²) in [5.41, 5.74) is 7.42. The third-order valence-electron chi connectivity index (χ3n) is 8.69. The van der Waals surface area contributed by atoms with E-state index in [1.54, 1.807) is 10.6 Å². The lowest BCUT2D eigenvalue weighted by Crippen LogP contribution is -2.03. The lowest BCUT2D eigenvalue weighted by Gasteiger charge is -2.21. The lowest BCUT2D eigenvalue weighted by molar-refractivity contribution is 0.669. The van der Waals surface area contributed by atoms with E-state index in [4.69, 9.17) is 11.3 Å². The van der Waals surface area contributed by atoms with Crippen LogP contribution in [0.2, 0.25) is 0 Å². The second kappa shape index (κ2) is 9.68. The first-order chi connectivity index (χ1) is 23.7. The van der Waals surface area contributed by atoms with Crippen molar-refractivity contribution in [3.8, 4) is 27.9 Å². The normalized spacial score (nSPS) is 14.1. The van der Waals surface area contributed by atoms with Crippen LogP contribution in [-0.2, 0) is 6.37 Å². The maximum Gasteiger partial charge on any atom is 0.136 e. The molecular formula is C41H28N2O. The number of rotatable bonds is 4. The van der Waals surface area contributed by atoms with Gasteiger partial charge in [0.2, 0.25) is 0 Å². The summed E-state index contributed by atoms with van der Waals surface area (Å²) in [5.74, 6) is -0.162. The summed E-state index contributed by atoms with van der Waals surface area (Å²) in [6, 6.07) is 46.2. The Kier molecular flexibility index (Phi) is 4.46. The van der Waals surface area contributed by atoms with Gasteiger partial charge in [-0.3, -0.25) is 4.57 Å². The smallest absolute Gasteiger partial charge is 0.136 e. The largest absolute Gasteiger partial charge is 0.456 e. The third-order valence-corrected chi connectivity index (χ3v) is 8.69. The second-order valence-electron chi connectivity index (χ2n) is 11.0. The van der Waals surface area contributed by atoms with Gasteiger partial charge in [-0.05, 0) is 68.6 Å². The van der Waals surface area contributed by atoms with Gasteiger partial charge in [0.1, 0.15) is 17.0 Å². The van der Waals surface area contributed by atoms with Gasteiger partial charge in [-0.15, -0.1) is 0 Å². The van der Waals surface area contributed by atoms with E-state index in [-0.39, 0.29) is 5.82 Å². The molecule has 0 unspecified atom stereocenters. The number of aryl methyl sites for hydroxylation is 1. The molecule has 0 aliphatic rings. The zero-order chi connectivity index (χ0) is 33.5. The van der Waals surface area contributed by atoms with E-state index >= 15 is 0 Å². The number of fused-ring (bicyclic) bond motifs is 6. The molecule has 0 bridgehead atoms. The average Bonchev–Trinajstić information content (AvgIpc) is 3.70. The maximum atomic E-state index is 8.83. The van der Waals surface area contributed by atoms with Gasteiger partial charge in [0, 0.05) is 29.6 Å². The Morgan fingerprint density at radius 2 is 1.16 bits per heavy atom. The first kappa shape index (κ1) is 20.3. The Morgan fingerprint density at radius 1 is 0.591 bits per heavy atom. The van der Waals surface area contributed by atoms with Gasteiger partial charge in [0.05, 0.1) is 16.7 Å². The molecule has 0 atom stereocenters. The molecule has 0 spiro atoms. The van der Waals surface area contributed by atoms with Crippen molar-refractivity contribution < 1.29 is 11.3 Å². The van der Waals surface area contributed by atoms with Crippen LogP contribution in [0.3, 0.4) is 0 Å². The quantitative estimate of drug-likeness (QED) is 0.197. The van der Waals surface area contributed by atoms with E-state index in [2.05, 4.69) is 53.5 Å². The second-order valence-corrected chi connectivity index (χ2v) is 11.0. The lowest BCUT2D eigenvalue weighted by atomic mass is 9.84. The fourth-order valence-corrected chi connectivity index (χ4v) is 6.93. The van der Waals surface area contributed by atoms with E-state index in [0.29, 0.717) is 16.7 Å². The molecular weight excluding hydrogens is 536 g/mol. The minimum Gasteiger partial charge on any atom is -0.456 e. The van der Waals surface area contributed by atoms with Gasteiger partial charge in [-0.25, -0.2) is 4.98 Å². The highest BCUT2D eigenvalue weighted by molar-refractivity contribution is 6.26. The molecule has 44 heavy (non-hydrogen) atoms. The standard InChI is InChI=1S/C41H28N2O/c1-2-38-42-33-21-9-11-23-35(33)43(38)34-22-10-7-18-30(34)39-26-14-3-5-16-28(26)40(29-17-6-4-15-27(29)39)32-20-13-25-37-41(32)31-19-8-12-24-36(31)44-37/h3-25H,2H2,1H3/i1D3,2D2. The van der Waals surface area contributed by atoms with Crippen molar-refractivity contribution in [1.82, 2.24) is 9.55 Å². The van der Waals surface area contributed by atoms with Crippen LogP contribution in [0.1, 0.15) is 19.5 Å². The van der Waals surface area contributed by atoms with Crippen molar-refractivity contribution in [3.05, 3.63) is 145 Å². The monoisotopic (exact) mass is 569 g/mol. The summed E-state index contributed by atoms with van der Waals surface area (Å²) in [6.07, 6.45) is -2.72. The van der Waals surface area contributed by atoms with Crippen molar-refractivity contribution in [3.63, 3.8) is 0 Å². The van der Waals surface area contributed by atoms with E-state index in [0.717, 1.165) is 65.7 Å². The van der Waals surface area contributed by atoms with Gasteiger partial charge >= 0.3 is 0 Å². The van der Waals surface area contributed by atoms with Crippen LogP contribution in [-0.4, -0.2) is 9.55 Å². The molecule has 0 aliphatic heterocycles. The maximum absolute atomic E-state index is 8.83. The number of imidazole rings is 1. The molecule has 3 heteroatoms. The Hall–Kier alpha value is -5.67. The van der Waals surface area contributed by atoms with Crippen molar-refractivity contribution in [2.75, 3.05) is 0 Å². The zero-order valence-corrected chi connectivity index (χ0v) is 23.6. The minimum absolute atomic E-state index is 0.162. The van der Waals surface area contributed by atoms with Crippen LogP contribution >= 0.6 is 0 Å². The molecule has 0 radical (unpaired) electrons. The number of para-hydroxylation sites is 4. The first-order valence-electron chi connectivity index (χ1n) is 17.2. The van der Waals surface area contributed by atoms with Crippen LogP contribution in [0.5, 0.6) is 0 Å². The first-order valence-corrected chi connectivity index (χ1v) is 14.7. The number of nitrogens with zero attached hydrogens (tertiary/aromatic N) is 2.